The van der Waals surface area contributed by atoms with Crippen molar-refractivity contribution in [1.29, 1.82) is 0 Å². The number of nitrogens with zero attached hydrogens (tertiary/aromatic N) is 1. The van der Waals surface area contributed by atoms with Crippen LogP contribution in [0.25, 0.3) is 0 Å². The van der Waals surface area contributed by atoms with Crippen LogP contribution in [0.1, 0.15) is 13.3 Å². The summed E-state index contributed by atoms with van der Waals surface area (Å²) < 4.78 is 0. The van der Waals surface area contributed by atoms with Crippen LogP contribution in [0.5, 0.6) is 0 Å². The zero-order valence-corrected chi connectivity index (χ0v) is 9.24. The topological polar surface area (TPSA) is 3.24 Å². The van der Waals surface area contributed by atoms with Crippen molar-refractivity contribution in [3.63, 3.8) is 0 Å². The van der Waals surface area contributed by atoms with Crippen molar-refractivity contribution in [2.24, 2.45) is 0 Å². The molecule has 0 amide bonds. The van der Waals surface area contributed by atoms with Gasteiger partial charge in [0.2, 0.25) is 0 Å². The lowest BCUT2D eigenvalue weighted by atomic mass is 10.1. The molecule has 1 aliphatic rings. The highest BCUT2D eigenvalue weighted by Gasteiger charge is 2.14. The Morgan fingerprint density at radius 2 is 2.20 bits per heavy atom. The first-order valence-electron chi connectivity index (χ1n) is 4.99. The number of rotatable bonds is 3. The molecule has 1 aliphatic heterocycles. The van der Waals surface area contributed by atoms with Crippen molar-refractivity contribution in [3.8, 4) is 0 Å². The van der Waals surface area contributed by atoms with Crippen LogP contribution in [0.2, 0.25) is 0 Å². The van der Waals surface area contributed by atoms with E-state index in [2.05, 4.69) is 30.7 Å². The summed E-state index contributed by atoms with van der Waals surface area (Å²) in [6.45, 7) is 13.7. The first-order valence-corrected chi connectivity index (χ1v) is 4.99. The highest BCUT2D eigenvalue weighted by Crippen LogP contribution is 2.26. The van der Waals surface area contributed by atoms with E-state index in [0.29, 0.717) is 0 Å². The van der Waals surface area contributed by atoms with Crippen LogP contribution in [-0.4, -0.2) is 4.90 Å². The molecule has 1 heteroatoms. The van der Waals surface area contributed by atoms with Crippen LogP contribution >= 0.6 is 0 Å². The maximum Gasteiger partial charge on any atom is 0.0415 e. The normalized spacial score (nSPS) is 17.7. The second kappa shape index (κ2) is 5.20. The van der Waals surface area contributed by atoms with Crippen molar-refractivity contribution < 1.29 is 0 Å². The van der Waals surface area contributed by atoms with E-state index in [1.54, 1.807) is 6.08 Å². The molecule has 15 heavy (non-hydrogen) atoms. The fraction of sp³-hybridized carbons (Fsp3) is 0.143. The second-order valence-corrected chi connectivity index (χ2v) is 3.31. The van der Waals surface area contributed by atoms with Crippen molar-refractivity contribution in [2.45, 2.75) is 13.3 Å². The van der Waals surface area contributed by atoms with Gasteiger partial charge in [-0.25, -0.2) is 0 Å². The van der Waals surface area contributed by atoms with Crippen molar-refractivity contribution in [2.75, 3.05) is 0 Å². The lowest BCUT2D eigenvalue weighted by Crippen LogP contribution is -2.20. The maximum atomic E-state index is 4.04. The lowest BCUT2D eigenvalue weighted by molar-refractivity contribution is 0.539. The van der Waals surface area contributed by atoms with E-state index in [-0.39, 0.29) is 0 Å². The first-order chi connectivity index (χ1) is 7.20. The van der Waals surface area contributed by atoms with Gasteiger partial charge in [-0.15, -0.1) is 0 Å². The van der Waals surface area contributed by atoms with Crippen molar-refractivity contribution >= 4 is 0 Å². The molecule has 0 aromatic heterocycles. The molecule has 0 aliphatic carbocycles. The van der Waals surface area contributed by atoms with E-state index in [0.717, 1.165) is 23.5 Å². The Morgan fingerprint density at radius 3 is 2.73 bits per heavy atom. The molecule has 0 aromatic carbocycles. The summed E-state index contributed by atoms with van der Waals surface area (Å²) in [6.07, 6.45) is 12.7. The Labute approximate surface area is 92.1 Å². The van der Waals surface area contributed by atoms with Crippen molar-refractivity contribution in [3.05, 3.63) is 73.3 Å². The Balaban J connectivity index is 2.98. The van der Waals surface area contributed by atoms with Gasteiger partial charge in [-0.1, -0.05) is 44.0 Å². The fourth-order valence-electron chi connectivity index (χ4n) is 1.51. The molecule has 0 saturated heterocycles. The molecule has 0 aromatic rings. The van der Waals surface area contributed by atoms with E-state index in [1.165, 1.54) is 0 Å². The Kier molecular flexibility index (Phi) is 3.92. The largest absolute Gasteiger partial charge is 0.315 e. The summed E-state index contributed by atoms with van der Waals surface area (Å²) in [5.41, 5.74) is 3.08. The first kappa shape index (κ1) is 11.3. The predicted molar refractivity (Wildman–Crippen MR) is 67.0 cm³/mol. The smallest absolute Gasteiger partial charge is 0.0415 e. The van der Waals surface area contributed by atoms with Gasteiger partial charge in [0.15, 0.2) is 0 Å². The minimum Gasteiger partial charge on any atom is -0.315 e. The summed E-state index contributed by atoms with van der Waals surface area (Å²) in [5.74, 6) is 0. The third kappa shape index (κ3) is 2.59. The van der Waals surface area contributed by atoms with E-state index >= 15 is 0 Å². The average molecular weight is 199 g/mol. The zero-order valence-electron chi connectivity index (χ0n) is 9.24. The quantitative estimate of drug-likeness (QED) is 0.623. The van der Waals surface area contributed by atoms with Crippen LogP contribution in [0.4, 0.5) is 0 Å². The van der Waals surface area contributed by atoms with Crippen LogP contribution in [0, 0.1) is 0 Å². The molecule has 0 fully saturated rings. The van der Waals surface area contributed by atoms with Gasteiger partial charge >= 0.3 is 0 Å². The molecular weight excluding hydrogens is 182 g/mol. The van der Waals surface area contributed by atoms with Gasteiger partial charge in [-0.2, -0.15) is 0 Å². The van der Waals surface area contributed by atoms with Gasteiger partial charge in [-0.05, 0) is 19.1 Å². The van der Waals surface area contributed by atoms with Gasteiger partial charge in [0, 0.05) is 23.5 Å². The van der Waals surface area contributed by atoms with Gasteiger partial charge in [0.25, 0.3) is 0 Å². The molecule has 0 spiro atoms. The molecule has 0 atom stereocenters. The molecule has 1 heterocycles. The van der Waals surface area contributed by atoms with Crippen LogP contribution < -0.4 is 0 Å². The van der Waals surface area contributed by atoms with E-state index in [1.807, 2.05) is 31.2 Å². The molecule has 0 N–H and O–H groups in total. The summed E-state index contributed by atoms with van der Waals surface area (Å²) in [6, 6.07) is 0. The third-order valence-electron chi connectivity index (χ3n) is 2.22. The number of hydrogen-bond donors (Lipinski definition) is 0. The summed E-state index contributed by atoms with van der Waals surface area (Å²) >= 11 is 0. The SMILES string of the molecule is C=C/C=C\C(=C/C)N1C(=C)C=CCC1=C. The molecule has 78 valence electrons. The maximum absolute atomic E-state index is 4.04. The standard InChI is InChI=1S/C14H17N/c1-5-7-11-14(6-2)15-12(3)9-8-10-13(15)4/h5-9,11H,1,3-4,10H2,2H3/b11-7-,14-6+. The fourth-order valence-corrected chi connectivity index (χ4v) is 1.51. The minimum atomic E-state index is 0.873. The van der Waals surface area contributed by atoms with E-state index in [9.17, 15) is 0 Å². The van der Waals surface area contributed by atoms with E-state index in [4.69, 9.17) is 0 Å². The molecule has 1 rings (SSSR count). The van der Waals surface area contributed by atoms with Crippen LogP contribution in [0.15, 0.2) is 73.3 Å². The molecular formula is C14H17N. The Morgan fingerprint density at radius 1 is 1.47 bits per heavy atom. The monoisotopic (exact) mass is 199 g/mol. The van der Waals surface area contributed by atoms with E-state index < -0.39 is 0 Å². The summed E-state index contributed by atoms with van der Waals surface area (Å²) in [4.78, 5) is 2.06. The predicted octanol–water partition coefficient (Wildman–Crippen LogP) is 3.92. The number of allylic oxidation sites excluding steroid dienone is 6. The van der Waals surface area contributed by atoms with Crippen LogP contribution in [-0.2, 0) is 0 Å². The summed E-state index contributed by atoms with van der Waals surface area (Å²) in [7, 11) is 0. The van der Waals surface area contributed by atoms with Gasteiger partial charge in [0.1, 0.15) is 0 Å². The molecule has 0 radical (unpaired) electrons. The highest BCUT2D eigenvalue weighted by atomic mass is 15.2. The van der Waals surface area contributed by atoms with Gasteiger partial charge in [0.05, 0.1) is 0 Å². The molecule has 0 saturated carbocycles. The highest BCUT2D eigenvalue weighted by molar-refractivity contribution is 5.36. The van der Waals surface area contributed by atoms with Gasteiger partial charge in [-0.3, -0.25) is 0 Å². The third-order valence-corrected chi connectivity index (χ3v) is 2.22. The van der Waals surface area contributed by atoms with Gasteiger partial charge < -0.3 is 4.90 Å². The average Bonchev–Trinajstić information content (AvgIpc) is 2.22. The summed E-state index contributed by atoms with van der Waals surface area (Å²) in [5, 5.41) is 0. The molecule has 0 bridgehead atoms. The Hall–Kier alpha value is -1.76. The molecule has 0 unspecified atom stereocenters. The Bertz CT molecular complexity index is 367. The second-order valence-electron chi connectivity index (χ2n) is 3.31. The minimum absolute atomic E-state index is 0.873. The molecule has 1 nitrogen and oxygen atoms in total. The number of hydrogen-bond acceptors (Lipinski definition) is 1. The zero-order chi connectivity index (χ0) is 11.3. The van der Waals surface area contributed by atoms with Crippen LogP contribution in [0.3, 0.4) is 0 Å². The van der Waals surface area contributed by atoms with Crippen molar-refractivity contribution in [1.82, 2.24) is 4.90 Å². The lowest BCUT2D eigenvalue weighted by Gasteiger charge is -2.30.